The van der Waals surface area contributed by atoms with Crippen LogP contribution in [-0.2, 0) is 28.5 Å². The van der Waals surface area contributed by atoms with E-state index in [1.807, 2.05) is 13.8 Å². The molecule has 0 bridgehead atoms. The fourth-order valence-electron chi connectivity index (χ4n) is 1.37. The van der Waals surface area contributed by atoms with Crippen molar-refractivity contribution in [3.8, 4) is 0 Å². The van der Waals surface area contributed by atoms with Crippen LogP contribution in [-0.4, -0.2) is 49.6 Å². The van der Waals surface area contributed by atoms with Crippen LogP contribution < -0.4 is 0 Å². The standard InChI is InChI=1S/C12H16O6/c1-7-9(17-7)5-15-11(13)3-4-12(14)16-6-10-8(2)18-10/h3-4,7-10H,5-6H2,1-2H3/b4-3-. The molecule has 4 atom stereocenters. The highest BCUT2D eigenvalue weighted by Crippen LogP contribution is 2.21. The van der Waals surface area contributed by atoms with E-state index in [0.717, 1.165) is 12.2 Å². The van der Waals surface area contributed by atoms with E-state index in [1.54, 1.807) is 0 Å². The monoisotopic (exact) mass is 256 g/mol. The zero-order chi connectivity index (χ0) is 13.1. The first kappa shape index (κ1) is 13.0. The van der Waals surface area contributed by atoms with Gasteiger partial charge in [0.1, 0.15) is 25.4 Å². The minimum atomic E-state index is -0.578. The second kappa shape index (κ2) is 5.49. The highest BCUT2D eigenvalue weighted by atomic mass is 16.6. The van der Waals surface area contributed by atoms with Gasteiger partial charge >= 0.3 is 11.9 Å². The number of hydrogen-bond acceptors (Lipinski definition) is 6. The summed E-state index contributed by atoms with van der Waals surface area (Å²) in [6.07, 6.45) is 2.37. The molecule has 2 aliphatic rings. The lowest BCUT2D eigenvalue weighted by Crippen LogP contribution is -2.11. The fourth-order valence-corrected chi connectivity index (χ4v) is 1.37. The summed E-state index contributed by atoms with van der Waals surface area (Å²) in [6.45, 7) is 4.22. The summed E-state index contributed by atoms with van der Waals surface area (Å²) in [5, 5.41) is 0. The molecule has 2 aliphatic heterocycles. The number of esters is 2. The van der Waals surface area contributed by atoms with Crippen molar-refractivity contribution in [3.63, 3.8) is 0 Å². The first-order valence-electron chi connectivity index (χ1n) is 5.89. The summed E-state index contributed by atoms with van der Waals surface area (Å²) in [7, 11) is 0. The van der Waals surface area contributed by atoms with E-state index in [4.69, 9.17) is 18.9 Å². The third-order valence-corrected chi connectivity index (χ3v) is 2.81. The van der Waals surface area contributed by atoms with Crippen LogP contribution >= 0.6 is 0 Å². The normalized spacial score (nSPS) is 33.2. The van der Waals surface area contributed by atoms with Crippen LogP contribution in [0, 0.1) is 0 Å². The van der Waals surface area contributed by atoms with Gasteiger partial charge in [0.2, 0.25) is 0 Å². The maximum Gasteiger partial charge on any atom is 0.331 e. The first-order valence-corrected chi connectivity index (χ1v) is 5.89. The lowest BCUT2D eigenvalue weighted by atomic mass is 10.4. The second-order valence-electron chi connectivity index (χ2n) is 4.35. The van der Waals surface area contributed by atoms with Crippen molar-refractivity contribution in [1.29, 1.82) is 0 Å². The lowest BCUT2D eigenvalue weighted by Gasteiger charge is -1.99. The van der Waals surface area contributed by atoms with Crippen molar-refractivity contribution < 1.29 is 28.5 Å². The molecule has 6 heteroatoms. The molecule has 6 nitrogen and oxygen atoms in total. The Morgan fingerprint density at radius 3 is 1.56 bits per heavy atom. The summed E-state index contributed by atoms with van der Waals surface area (Å²) < 4.78 is 19.9. The quantitative estimate of drug-likeness (QED) is 0.384. The van der Waals surface area contributed by atoms with E-state index < -0.39 is 11.9 Å². The third kappa shape index (κ3) is 4.12. The smallest absolute Gasteiger partial charge is 0.331 e. The number of hydrogen-bond donors (Lipinski definition) is 0. The highest BCUT2D eigenvalue weighted by molar-refractivity contribution is 5.91. The summed E-state index contributed by atoms with van der Waals surface area (Å²) in [6, 6.07) is 0. The molecule has 18 heavy (non-hydrogen) atoms. The Morgan fingerprint density at radius 1 is 0.944 bits per heavy atom. The van der Waals surface area contributed by atoms with Crippen molar-refractivity contribution in [2.24, 2.45) is 0 Å². The van der Waals surface area contributed by atoms with E-state index in [0.29, 0.717) is 0 Å². The van der Waals surface area contributed by atoms with Gasteiger partial charge in [0.25, 0.3) is 0 Å². The Morgan fingerprint density at radius 2 is 1.28 bits per heavy atom. The van der Waals surface area contributed by atoms with Crippen LogP contribution in [0.2, 0.25) is 0 Å². The predicted octanol–water partition coefficient (Wildman–Crippen LogP) is 0.204. The van der Waals surface area contributed by atoms with Crippen LogP contribution in [0.15, 0.2) is 12.2 Å². The van der Waals surface area contributed by atoms with Gasteiger partial charge in [-0.05, 0) is 13.8 Å². The average molecular weight is 256 g/mol. The largest absolute Gasteiger partial charge is 0.460 e. The molecule has 0 radical (unpaired) electrons. The first-order chi connectivity index (χ1) is 8.56. The maximum absolute atomic E-state index is 11.2. The van der Waals surface area contributed by atoms with E-state index in [1.165, 1.54) is 0 Å². The van der Waals surface area contributed by atoms with E-state index in [9.17, 15) is 9.59 Å². The Balaban J connectivity index is 1.56. The Bertz CT molecular complexity index is 330. The zero-order valence-corrected chi connectivity index (χ0v) is 10.3. The number of carbonyl (C=O) groups excluding carboxylic acids is 2. The van der Waals surface area contributed by atoms with Crippen LogP contribution in [0.4, 0.5) is 0 Å². The van der Waals surface area contributed by atoms with Gasteiger partial charge in [-0.3, -0.25) is 0 Å². The van der Waals surface area contributed by atoms with Crippen LogP contribution in [0.1, 0.15) is 13.8 Å². The fraction of sp³-hybridized carbons (Fsp3) is 0.667. The molecule has 2 fully saturated rings. The van der Waals surface area contributed by atoms with E-state index in [2.05, 4.69) is 0 Å². The minimum Gasteiger partial charge on any atom is -0.460 e. The topological polar surface area (TPSA) is 77.7 Å². The molecule has 0 aromatic rings. The molecule has 0 aliphatic carbocycles. The maximum atomic E-state index is 11.2. The van der Waals surface area contributed by atoms with Gasteiger partial charge in [-0.25, -0.2) is 9.59 Å². The van der Waals surface area contributed by atoms with Gasteiger partial charge < -0.3 is 18.9 Å². The third-order valence-electron chi connectivity index (χ3n) is 2.81. The molecule has 2 rings (SSSR count). The highest BCUT2D eigenvalue weighted by Gasteiger charge is 2.35. The number of ether oxygens (including phenoxy) is 4. The summed E-state index contributed by atoms with van der Waals surface area (Å²) in [5.41, 5.74) is 0. The molecular weight excluding hydrogens is 240 g/mol. The predicted molar refractivity (Wildman–Crippen MR) is 59.7 cm³/mol. The molecule has 0 N–H and O–H groups in total. The second-order valence-corrected chi connectivity index (χ2v) is 4.35. The van der Waals surface area contributed by atoms with E-state index in [-0.39, 0.29) is 37.6 Å². The molecule has 4 unspecified atom stereocenters. The molecule has 0 aromatic heterocycles. The van der Waals surface area contributed by atoms with Crippen molar-refractivity contribution in [1.82, 2.24) is 0 Å². The SMILES string of the molecule is CC1OC1COC(=O)/C=C\C(=O)OCC1OC1C. The molecule has 0 saturated carbocycles. The summed E-state index contributed by atoms with van der Waals surface area (Å²) >= 11 is 0. The molecule has 0 spiro atoms. The average Bonchev–Trinajstić information content (AvgIpc) is 3.21. The molecular formula is C12H16O6. The van der Waals surface area contributed by atoms with Crippen LogP contribution in [0.25, 0.3) is 0 Å². The van der Waals surface area contributed by atoms with Crippen molar-refractivity contribution in [2.45, 2.75) is 38.3 Å². The zero-order valence-electron chi connectivity index (χ0n) is 10.3. The van der Waals surface area contributed by atoms with Crippen molar-refractivity contribution >= 4 is 11.9 Å². The molecule has 100 valence electrons. The van der Waals surface area contributed by atoms with E-state index >= 15 is 0 Å². The summed E-state index contributed by atoms with van der Waals surface area (Å²) in [4.78, 5) is 22.4. The molecule has 0 aromatic carbocycles. The number of carbonyl (C=O) groups is 2. The van der Waals surface area contributed by atoms with Gasteiger partial charge in [0, 0.05) is 12.2 Å². The van der Waals surface area contributed by atoms with Gasteiger partial charge in [-0.15, -0.1) is 0 Å². The summed E-state index contributed by atoms with van der Waals surface area (Å²) in [5.74, 6) is -1.16. The number of rotatable bonds is 6. The minimum absolute atomic E-state index is 0.0113. The van der Waals surface area contributed by atoms with Gasteiger partial charge in [-0.1, -0.05) is 0 Å². The van der Waals surface area contributed by atoms with Gasteiger partial charge in [-0.2, -0.15) is 0 Å². The lowest BCUT2D eigenvalue weighted by molar-refractivity contribution is -0.140. The number of epoxide rings is 2. The van der Waals surface area contributed by atoms with Gasteiger partial charge in [0.05, 0.1) is 12.2 Å². The van der Waals surface area contributed by atoms with Gasteiger partial charge in [0.15, 0.2) is 0 Å². The van der Waals surface area contributed by atoms with Crippen LogP contribution in [0.3, 0.4) is 0 Å². The van der Waals surface area contributed by atoms with Crippen LogP contribution in [0.5, 0.6) is 0 Å². The Hall–Kier alpha value is -1.40. The van der Waals surface area contributed by atoms with Crippen molar-refractivity contribution in [3.05, 3.63) is 12.2 Å². The van der Waals surface area contributed by atoms with Crippen molar-refractivity contribution in [2.75, 3.05) is 13.2 Å². The Labute approximate surface area is 105 Å². The molecule has 0 amide bonds. The molecule has 2 heterocycles. The Kier molecular flexibility index (Phi) is 3.98. The molecule has 2 saturated heterocycles.